The molecule has 0 amide bonds. The van der Waals surface area contributed by atoms with Crippen molar-refractivity contribution in [2.24, 2.45) is 0 Å². The first-order valence-corrected chi connectivity index (χ1v) is 10.8. The highest BCUT2D eigenvalue weighted by Crippen LogP contribution is 2.46. The van der Waals surface area contributed by atoms with E-state index in [1.54, 1.807) is 0 Å². The second-order valence-electron chi connectivity index (χ2n) is 8.55. The van der Waals surface area contributed by atoms with E-state index < -0.39 is 29.9 Å². The molecule has 0 spiro atoms. The molecule has 31 heavy (non-hydrogen) atoms. The molecule has 0 saturated carbocycles. The van der Waals surface area contributed by atoms with Crippen LogP contribution in [-0.4, -0.2) is 42.8 Å². The van der Waals surface area contributed by atoms with Gasteiger partial charge in [-0.15, -0.1) is 0 Å². The van der Waals surface area contributed by atoms with Crippen LogP contribution in [-0.2, 0) is 41.7 Å². The van der Waals surface area contributed by atoms with Crippen molar-refractivity contribution in [1.29, 1.82) is 0 Å². The van der Waals surface area contributed by atoms with Crippen LogP contribution in [0.2, 0.25) is 0 Å². The standard InChI is InChI=1S/C25H30O6/c1-24(2)29-21-22(28-17-20-12-7-4-8-13-20)25(14-9-15-26,31-23(21)30-24)18-27-16-19-10-5-3-6-11-19/h3-8,10-13,15,21-23H,9,14,16-18H2,1-2H3/t21?,22-,23+,25-/m1/s1. The van der Waals surface area contributed by atoms with Crippen LogP contribution in [0.5, 0.6) is 0 Å². The molecule has 4 atom stereocenters. The fraction of sp³-hybridized carbons (Fsp3) is 0.480. The van der Waals surface area contributed by atoms with Crippen molar-refractivity contribution in [3.8, 4) is 0 Å². The number of fused-ring (bicyclic) bond motifs is 1. The fourth-order valence-electron chi connectivity index (χ4n) is 4.27. The van der Waals surface area contributed by atoms with Gasteiger partial charge in [0, 0.05) is 6.42 Å². The predicted octanol–water partition coefficient (Wildman–Crippen LogP) is 4.01. The average molecular weight is 427 g/mol. The van der Waals surface area contributed by atoms with E-state index in [-0.39, 0.29) is 6.61 Å². The molecule has 0 aliphatic carbocycles. The van der Waals surface area contributed by atoms with Crippen LogP contribution in [0.25, 0.3) is 0 Å². The van der Waals surface area contributed by atoms with Crippen LogP contribution in [0.3, 0.4) is 0 Å². The van der Waals surface area contributed by atoms with Crippen molar-refractivity contribution in [1.82, 2.24) is 0 Å². The lowest BCUT2D eigenvalue weighted by Gasteiger charge is -2.36. The maximum Gasteiger partial charge on any atom is 0.190 e. The molecule has 0 bridgehead atoms. The smallest absolute Gasteiger partial charge is 0.190 e. The minimum absolute atomic E-state index is 0.273. The third-order valence-electron chi connectivity index (χ3n) is 5.67. The van der Waals surface area contributed by atoms with Gasteiger partial charge in [0.2, 0.25) is 0 Å². The van der Waals surface area contributed by atoms with Gasteiger partial charge in [-0.25, -0.2) is 0 Å². The molecule has 4 rings (SSSR count). The minimum atomic E-state index is -0.837. The molecule has 2 aliphatic rings. The summed E-state index contributed by atoms with van der Waals surface area (Å²) in [5, 5.41) is 0. The van der Waals surface area contributed by atoms with E-state index in [0.717, 1.165) is 17.4 Å². The van der Waals surface area contributed by atoms with Gasteiger partial charge in [0.15, 0.2) is 12.1 Å². The molecule has 0 radical (unpaired) electrons. The number of carbonyl (C=O) groups is 1. The summed E-state index contributed by atoms with van der Waals surface area (Å²) in [5.41, 5.74) is 1.29. The first-order valence-electron chi connectivity index (χ1n) is 10.8. The summed E-state index contributed by atoms with van der Waals surface area (Å²) in [6.07, 6.45) is 0.299. The molecule has 2 aromatic rings. The Morgan fingerprint density at radius 3 is 2.19 bits per heavy atom. The average Bonchev–Trinajstić information content (AvgIpc) is 3.21. The monoisotopic (exact) mass is 426 g/mol. The van der Waals surface area contributed by atoms with Crippen LogP contribution in [0.4, 0.5) is 0 Å². The quantitative estimate of drug-likeness (QED) is 0.535. The molecule has 2 saturated heterocycles. The molecule has 2 heterocycles. The summed E-state index contributed by atoms with van der Waals surface area (Å²) >= 11 is 0. The molecule has 6 heteroatoms. The fourth-order valence-corrected chi connectivity index (χ4v) is 4.27. The molecule has 0 N–H and O–H groups in total. The molecule has 0 aromatic heterocycles. The van der Waals surface area contributed by atoms with Gasteiger partial charge in [0.1, 0.15) is 24.1 Å². The van der Waals surface area contributed by atoms with Gasteiger partial charge < -0.3 is 28.5 Å². The van der Waals surface area contributed by atoms with E-state index in [2.05, 4.69) is 0 Å². The number of carbonyl (C=O) groups excluding carboxylic acids is 1. The van der Waals surface area contributed by atoms with E-state index in [1.165, 1.54) is 0 Å². The third kappa shape index (κ3) is 5.22. The molecular weight excluding hydrogens is 396 g/mol. The maximum atomic E-state index is 11.2. The van der Waals surface area contributed by atoms with Gasteiger partial charge in [0.25, 0.3) is 0 Å². The van der Waals surface area contributed by atoms with Crippen molar-refractivity contribution < 1.29 is 28.5 Å². The highest BCUT2D eigenvalue weighted by Gasteiger charge is 2.62. The Kier molecular flexibility index (Phi) is 6.84. The summed E-state index contributed by atoms with van der Waals surface area (Å²) in [6.45, 7) is 4.85. The van der Waals surface area contributed by atoms with Crippen LogP contribution in [0.1, 0.15) is 37.8 Å². The summed E-state index contributed by atoms with van der Waals surface area (Å²) in [6, 6.07) is 19.9. The Morgan fingerprint density at radius 1 is 0.903 bits per heavy atom. The lowest BCUT2D eigenvalue weighted by molar-refractivity contribution is -0.256. The largest absolute Gasteiger partial charge is 0.374 e. The summed E-state index contributed by atoms with van der Waals surface area (Å²) in [4.78, 5) is 11.2. The van der Waals surface area contributed by atoms with Crippen LogP contribution in [0.15, 0.2) is 60.7 Å². The Labute approximate surface area is 183 Å². The number of hydrogen-bond donors (Lipinski definition) is 0. The Balaban J connectivity index is 1.53. The van der Waals surface area contributed by atoms with Gasteiger partial charge in [-0.3, -0.25) is 0 Å². The van der Waals surface area contributed by atoms with Crippen LogP contribution < -0.4 is 0 Å². The summed E-state index contributed by atoms with van der Waals surface area (Å²) < 4.78 is 31.0. The number of aldehydes is 1. The molecule has 166 valence electrons. The molecule has 2 aromatic carbocycles. The number of rotatable bonds is 10. The lowest BCUT2D eigenvalue weighted by Crippen LogP contribution is -2.50. The Bertz CT molecular complexity index is 840. The van der Waals surface area contributed by atoms with Gasteiger partial charge >= 0.3 is 0 Å². The van der Waals surface area contributed by atoms with Crippen LogP contribution in [0, 0.1) is 0 Å². The van der Waals surface area contributed by atoms with Gasteiger partial charge in [-0.1, -0.05) is 60.7 Å². The van der Waals surface area contributed by atoms with Gasteiger partial charge in [-0.05, 0) is 31.4 Å². The molecular formula is C25H30O6. The zero-order valence-corrected chi connectivity index (χ0v) is 18.1. The van der Waals surface area contributed by atoms with Crippen molar-refractivity contribution in [3.63, 3.8) is 0 Å². The number of ether oxygens (including phenoxy) is 5. The second kappa shape index (κ2) is 9.59. The first-order chi connectivity index (χ1) is 15.0. The summed E-state index contributed by atoms with van der Waals surface area (Å²) in [5.74, 6) is -0.759. The van der Waals surface area contributed by atoms with Gasteiger partial charge in [0.05, 0.1) is 19.8 Å². The van der Waals surface area contributed by atoms with Gasteiger partial charge in [-0.2, -0.15) is 0 Å². The lowest BCUT2D eigenvalue weighted by atomic mass is 9.90. The Hall–Kier alpha value is -2.09. The Morgan fingerprint density at radius 2 is 1.55 bits per heavy atom. The highest BCUT2D eigenvalue weighted by molar-refractivity contribution is 5.49. The zero-order chi connectivity index (χ0) is 21.7. The predicted molar refractivity (Wildman–Crippen MR) is 114 cm³/mol. The normalized spacial score (nSPS) is 29.0. The maximum absolute atomic E-state index is 11.2. The molecule has 2 fully saturated rings. The van der Waals surface area contributed by atoms with E-state index >= 15 is 0 Å². The van der Waals surface area contributed by atoms with Crippen molar-refractivity contribution in [3.05, 3.63) is 71.8 Å². The first kappa shape index (κ1) is 22.1. The number of hydrogen-bond acceptors (Lipinski definition) is 6. The molecule has 2 aliphatic heterocycles. The second-order valence-corrected chi connectivity index (χ2v) is 8.55. The topological polar surface area (TPSA) is 63.2 Å². The highest BCUT2D eigenvalue weighted by atomic mass is 16.8. The number of benzene rings is 2. The minimum Gasteiger partial charge on any atom is -0.374 e. The van der Waals surface area contributed by atoms with Crippen molar-refractivity contribution in [2.75, 3.05) is 6.61 Å². The van der Waals surface area contributed by atoms with E-state index in [1.807, 2.05) is 74.5 Å². The SMILES string of the molecule is CC1(C)OC2[C@@H](O1)O[C@](CCC=O)(COCc1ccccc1)[C@@H]2OCc1ccccc1. The third-order valence-corrected chi connectivity index (χ3v) is 5.67. The van der Waals surface area contributed by atoms with Crippen molar-refractivity contribution >= 4 is 6.29 Å². The van der Waals surface area contributed by atoms with E-state index in [9.17, 15) is 4.79 Å². The van der Waals surface area contributed by atoms with Crippen molar-refractivity contribution in [2.45, 2.75) is 69.8 Å². The van der Waals surface area contributed by atoms with Crippen LogP contribution >= 0.6 is 0 Å². The summed E-state index contributed by atoms with van der Waals surface area (Å²) in [7, 11) is 0. The zero-order valence-electron chi connectivity index (χ0n) is 18.1. The molecule has 6 nitrogen and oxygen atoms in total. The molecule has 1 unspecified atom stereocenters. The van der Waals surface area contributed by atoms with E-state index in [0.29, 0.717) is 26.1 Å². The van der Waals surface area contributed by atoms with E-state index in [4.69, 9.17) is 23.7 Å².